The first-order chi connectivity index (χ1) is 9.18. The van der Waals surface area contributed by atoms with Crippen LogP contribution in [0.5, 0.6) is 0 Å². The van der Waals surface area contributed by atoms with E-state index in [1.807, 2.05) is 0 Å². The van der Waals surface area contributed by atoms with Gasteiger partial charge in [0, 0.05) is 19.8 Å². The molecule has 2 fully saturated rings. The molecule has 2 aliphatic rings. The molecule has 2 rings (SSSR count). The molecule has 2 saturated heterocycles. The average molecular weight is 271 g/mol. The monoisotopic (exact) mass is 271 g/mol. The van der Waals surface area contributed by atoms with Gasteiger partial charge in [-0.1, -0.05) is 0 Å². The van der Waals surface area contributed by atoms with E-state index in [0.29, 0.717) is 32.8 Å². The lowest BCUT2D eigenvalue weighted by atomic mass is 10.1. The predicted octanol–water partition coefficient (Wildman–Crippen LogP) is 0.648. The third kappa shape index (κ3) is 3.91. The van der Waals surface area contributed by atoms with Crippen molar-refractivity contribution in [3.63, 3.8) is 0 Å². The van der Waals surface area contributed by atoms with Gasteiger partial charge in [0.1, 0.15) is 6.04 Å². The minimum absolute atomic E-state index is 0.114. The summed E-state index contributed by atoms with van der Waals surface area (Å²) < 4.78 is 10.9. The van der Waals surface area contributed by atoms with Gasteiger partial charge in [-0.25, -0.2) is 4.79 Å². The molecule has 0 spiro atoms. The van der Waals surface area contributed by atoms with Crippen molar-refractivity contribution >= 4 is 11.9 Å². The van der Waals surface area contributed by atoms with Crippen molar-refractivity contribution in [2.75, 3.05) is 26.4 Å². The molecule has 1 unspecified atom stereocenters. The molecule has 6 heteroatoms. The van der Waals surface area contributed by atoms with E-state index in [-0.39, 0.29) is 18.4 Å². The molecule has 0 bridgehead atoms. The highest BCUT2D eigenvalue weighted by atomic mass is 16.5. The zero-order valence-electron chi connectivity index (χ0n) is 11.0. The van der Waals surface area contributed by atoms with Crippen molar-refractivity contribution in [1.29, 1.82) is 0 Å². The van der Waals surface area contributed by atoms with Crippen LogP contribution in [0.25, 0.3) is 0 Å². The van der Waals surface area contributed by atoms with Crippen LogP contribution in [-0.4, -0.2) is 60.4 Å². The van der Waals surface area contributed by atoms with E-state index in [2.05, 4.69) is 0 Å². The van der Waals surface area contributed by atoms with Gasteiger partial charge in [0.15, 0.2) is 0 Å². The molecule has 1 amide bonds. The Balaban J connectivity index is 1.70. The summed E-state index contributed by atoms with van der Waals surface area (Å²) in [4.78, 5) is 24.4. The molecule has 0 aromatic carbocycles. The molecule has 0 aliphatic carbocycles. The van der Waals surface area contributed by atoms with Crippen molar-refractivity contribution < 1.29 is 24.2 Å². The van der Waals surface area contributed by atoms with Gasteiger partial charge < -0.3 is 19.5 Å². The molecular weight excluding hydrogens is 250 g/mol. The summed E-state index contributed by atoms with van der Waals surface area (Å²) in [5.41, 5.74) is 0. The molecule has 0 aromatic rings. The lowest BCUT2D eigenvalue weighted by Crippen LogP contribution is -2.40. The SMILES string of the molecule is O=C(O)C1CCCN1C(=O)CCOC1CCOCC1. The van der Waals surface area contributed by atoms with Crippen LogP contribution in [0.15, 0.2) is 0 Å². The van der Waals surface area contributed by atoms with Crippen molar-refractivity contribution in [3.8, 4) is 0 Å². The van der Waals surface area contributed by atoms with E-state index < -0.39 is 12.0 Å². The van der Waals surface area contributed by atoms with Crippen LogP contribution in [0.4, 0.5) is 0 Å². The minimum atomic E-state index is -0.906. The van der Waals surface area contributed by atoms with Crippen LogP contribution in [0.3, 0.4) is 0 Å². The summed E-state index contributed by atoms with van der Waals surface area (Å²) in [5, 5.41) is 9.02. The number of nitrogens with zero attached hydrogens (tertiary/aromatic N) is 1. The Morgan fingerprint density at radius 1 is 1.26 bits per heavy atom. The van der Waals surface area contributed by atoms with Gasteiger partial charge in [-0.05, 0) is 25.7 Å². The fourth-order valence-corrected chi connectivity index (χ4v) is 2.62. The van der Waals surface area contributed by atoms with Crippen LogP contribution in [-0.2, 0) is 19.1 Å². The maximum absolute atomic E-state index is 12.0. The number of likely N-dealkylation sites (tertiary alicyclic amines) is 1. The lowest BCUT2D eigenvalue weighted by molar-refractivity contribution is -0.149. The molecule has 1 atom stereocenters. The normalized spacial score (nSPS) is 24.6. The van der Waals surface area contributed by atoms with Gasteiger partial charge >= 0.3 is 5.97 Å². The molecule has 0 radical (unpaired) electrons. The Morgan fingerprint density at radius 2 is 2.00 bits per heavy atom. The van der Waals surface area contributed by atoms with Gasteiger partial charge in [-0.2, -0.15) is 0 Å². The summed E-state index contributed by atoms with van der Waals surface area (Å²) in [5.74, 6) is -1.02. The molecule has 2 heterocycles. The molecular formula is C13H21NO5. The number of carboxylic acid groups (broad SMARTS) is 1. The highest BCUT2D eigenvalue weighted by Gasteiger charge is 2.33. The van der Waals surface area contributed by atoms with Crippen molar-refractivity contribution in [1.82, 2.24) is 4.90 Å². The van der Waals surface area contributed by atoms with Crippen LogP contribution in [0, 0.1) is 0 Å². The van der Waals surface area contributed by atoms with Gasteiger partial charge in [0.2, 0.25) is 5.91 Å². The fourth-order valence-electron chi connectivity index (χ4n) is 2.62. The quantitative estimate of drug-likeness (QED) is 0.794. The first-order valence-corrected chi connectivity index (χ1v) is 6.90. The first kappa shape index (κ1) is 14.3. The highest BCUT2D eigenvalue weighted by Crippen LogP contribution is 2.18. The average Bonchev–Trinajstić information content (AvgIpc) is 2.89. The highest BCUT2D eigenvalue weighted by molar-refractivity contribution is 5.84. The second-order valence-electron chi connectivity index (χ2n) is 5.02. The molecule has 1 N–H and O–H groups in total. The number of carbonyl (C=O) groups is 2. The summed E-state index contributed by atoms with van der Waals surface area (Å²) in [7, 11) is 0. The molecule has 108 valence electrons. The number of rotatable bonds is 5. The van der Waals surface area contributed by atoms with Crippen molar-refractivity contribution in [3.05, 3.63) is 0 Å². The van der Waals surface area contributed by atoms with Crippen molar-refractivity contribution in [2.45, 2.75) is 44.2 Å². The van der Waals surface area contributed by atoms with E-state index in [0.717, 1.165) is 19.3 Å². The third-order valence-corrected chi connectivity index (χ3v) is 3.70. The van der Waals surface area contributed by atoms with E-state index in [1.165, 1.54) is 4.90 Å². The summed E-state index contributed by atoms with van der Waals surface area (Å²) in [6.45, 7) is 2.34. The Labute approximate surface area is 112 Å². The molecule has 0 saturated carbocycles. The maximum Gasteiger partial charge on any atom is 0.326 e. The Morgan fingerprint density at radius 3 is 2.68 bits per heavy atom. The van der Waals surface area contributed by atoms with Crippen LogP contribution in [0.1, 0.15) is 32.1 Å². The van der Waals surface area contributed by atoms with Crippen LogP contribution >= 0.6 is 0 Å². The number of ether oxygens (including phenoxy) is 2. The van der Waals surface area contributed by atoms with Gasteiger partial charge in [-0.3, -0.25) is 4.79 Å². The number of carboxylic acids is 1. The van der Waals surface area contributed by atoms with E-state index in [1.54, 1.807) is 0 Å². The van der Waals surface area contributed by atoms with Gasteiger partial charge in [0.25, 0.3) is 0 Å². The zero-order chi connectivity index (χ0) is 13.7. The zero-order valence-corrected chi connectivity index (χ0v) is 11.0. The largest absolute Gasteiger partial charge is 0.480 e. The smallest absolute Gasteiger partial charge is 0.326 e. The van der Waals surface area contributed by atoms with Crippen LogP contribution < -0.4 is 0 Å². The van der Waals surface area contributed by atoms with E-state index in [4.69, 9.17) is 14.6 Å². The second kappa shape index (κ2) is 6.86. The molecule has 6 nitrogen and oxygen atoms in total. The standard InChI is InChI=1S/C13H21NO5/c15-12(14-6-1-2-11(14)13(16)17)5-9-19-10-3-7-18-8-4-10/h10-11H,1-9H2,(H,16,17). The van der Waals surface area contributed by atoms with Crippen LogP contribution in [0.2, 0.25) is 0 Å². The molecule has 2 aliphatic heterocycles. The number of amides is 1. The fraction of sp³-hybridized carbons (Fsp3) is 0.846. The number of aliphatic carboxylic acids is 1. The lowest BCUT2D eigenvalue weighted by Gasteiger charge is -2.24. The Kier molecular flexibility index (Phi) is 5.15. The second-order valence-corrected chi connectivity index (χ2v) is 5.02. The first-order valence-electron chi connectivity index (χ1n) is 6.90. The molecule has 19 heavy (non-hydrogen) atoms. The third-order valence-electron chi connectivity index (χ3n) is 3.70. The predicted molar refractivity (Wildman–Crippen MR) is 66.8 cm³/mol. The topological polar surface area (TPSA) is 76.1 Å². The van der Waals surface area contributed by atoms with Gasteiger partial charge in [0.05, 0.1) is 19.1 Å². The molecule has 0 aromatic heterocycles. The van der Waals surface area contributed by atoms with E-state index in [9.17, 15) is 9.59 Å². The number of carbonyl (C=O) groups excluding carboxylic acids is 1. The van der Waals surface area contributed by atoms with Gasteiger partial charge in [-0.15, -0.1) is 0 Å². The number of hydrogen-bond donors (Lipinski definition) is 1. The summed E-state index contributed by atoms with van der Waals surface area (Å²) in [6, 6.07) is -0.643. The van der Waals surface area contributed by atoms with Crippen molar-refractivity contribution in [2.24, 2.45) is 0 Å². The van der Waals surface area contributed by atoms with E-state index >= 15 is 0 Å². The summed E-state index contributed by atoms with van der Waals surface area (Å²) in [6.07, 6.45) is 3.51. The summed E-state index contributed by atoms with van der Waals surface area (Å²) >= 11 is 0. The maximum atomic E-state index is 12.0. The minimum Gasteiger partial charge on any atom is -0.480 e. The Bertz CT molecular complexity index is 327. The Hall–Kier alpha value is -1.14. The number of hydrogen-bond acceptors (Lipinski definition) is 4.